The van der Waals surface area contributed by atoms with Gasteiger partial charge in [-0.3, -0.25) is 9.48 Å². The van der Waals surface area contributed by atoms with Gasteiger partial charge >= 0.3 is 0 Å². The van der Waals surface area contributed by atoms with E-state index in [2.05, 4.69) is 60.5 Å². The standard InChI is InChI=1S/C23H29N5O2S/c1-14-5-7-17(13-30-14)28-18-9-10-24-22(29)20(18)21(26-28)25-16-6-8-19-15(11-16)12-27(31-19)23(2,3)4/h6,8-11,14,17H,5,7,12-13H2,1-4H3,(H,24,29)(H,25,26)/t14-,17?/m1/s1. The zero-order chi connectivity index (χ0) is 21.8. The number of aromatic amines is 1. The molecule has 2 aliphatic rings. The van der Waals surface area contributed by atoms with Gasteiger partial charge in [-0.15, -0.1) is 0 Å². The predicted molar refractivity (Wildman–Crippen MR) is 125 cm³/mol. The molecule has 0 saturated carbocycles. The third-order valence-corrected chi connectivity index (χ3v) is 7.54. The molecule has 5 rings (SSSR count). The van der Waals surface area contributed by atoms with E-state index in [-0.39, 0.29) is 23.2 Å². The van der Waals surface area contributed by atoms with Gasteiger partial charge < -0.3 is 15.0 Å². The monoisotopic (exact) mass is 439 g/mol. The van der Waals surface area contributed by atoms with Crippen molar-refractivity contribution < 1.29 is 4.74 Å². The number of fused-ring (bicyclic) bond motifs is 2. The number of benzene rings is 1. The minimum Gasteiger partial charge on any atom is -0.376 e. The largest absolute Gasteiger partial charge is 0.376 e. The number of ether oxygens (including phenoxy) is 1. The minimum absolute atomic E-state index is 0.0963. The Hall–Kier alpha value is -2.29. The van der Waals surface area contributed by atoms with Gasteiger partial charge in [0.1, 0.15) is 5.39 Å². The summed E-state index contributed by atoms with van der Waals surface area (Å²) >= 11 is 1.80. The Bertz CT molecular complexity index is 1170. The van der Waals surface area contributed by atoms with E-state index >= 15 is 0 Å². The van der Waals surface area contributed by atoms with Crippen LogP contribution < -0.4 is 10.9 Å². The Kier molecular flexibility index (Phi) is 5.11. The minimum atomic E-state index is -0.132. The second kappa shape index (κ2) is 7.69. The molecule has 3 aromatic rings. The molecule has 0 bridgehead atoms. The first-order chi connectivity index (χ1) is 14.8. The van der Waals surface area contributed by atoms with E-state index in [1.807, 2.05) is 10.7 Å². The molecule has 2 aromatic heterocycles. The molecule has 1 aromatic carbocycles. The number of hydrogen-bond acceptors (Lipinski definition) is 6. The van der Waals surface area contributed by atoms with Crippen LogP contribution in [0.15, 0.2) is 40.2 Å². The van der Waals surface area contributed by atoms with Gasteiger partial charge in [0, 0.05) is 28.9 Å². The van der Waals surface area contributed by atoms with Gasteiger partial charge in [0.15, 0.2) is 5.82 Å². The van der Waals surface area contributed by atoms with Crippen molar-refractivity contribution in [2.24, 2.45) is 0 Å². The summed E-state index contributed by atoms with van der Waals surface area (Å²) in [6.45, 7) is 10.3. The zero-order valence-corrected chi connectivity index (χ0v) is 19.3. The molecule has 31 heavy (non-hydrogen) atoms. The summed E-state index contributed by atoms with van der Waals surface area (Å²) in [5, 5.41) is 8.84. The number of aromatic nitrogens is 3. The van der Waals surface area contributed by atoms with Crippen LogP contribution >= 0.6 is 11.9 Å². The molecule has 8 heteroatoms. The number of H-pyrrole nitrogens is 1. The highest BCUT2D eigenvalue weighted by Crippen LogP contribution is 2.42. The van der Waals surface area contributed by atoms with Crippen LogP contribution in [-0.2, 0) is 11.3 Å². The topological polar surface area (TPSA) is 75.2 Å². The van der Waals surface area contributed by atoms with Crippen molar-refractivity contribution in [1.82, 2.24) is 19.1 Å². The second-order valence-electron chi connectivity index (χ2n) is 9.48. The quantitative estimate of drug-likeness (QED) is 0.570. The van der Waals surface area contributed by atoms with Crippen molar-refractivity contribution in [2.75, 3.05) is 11.9 Å². The van der Waals surface area contributed by atoms with E-state index in [4.69, 9.17) is 9.84 Å². The van der Waals surface area contributed by atoms with Crippen molar-refractivity contribution in [3.05, 3.63) is 46.4 Å². The van der Waals surface area contributed by atoms with Crippen LogP contribution in [0.25, 0.3) is 10.9 Å². The van der Waals surface area contributed by atoms with Crippen LogP contribution in [0, 0.1) is 0 Å². The van der Waals surface area contributed by atoms with Gasteiger partial charge in [0.05, 0.1) is 24.3 Å². The summed E-state index contributed by atoms with van der Waals surface area (Å²) in [5.74, 6) is 0.591. The molecular formula is C23H29N5O2S. The van der Waals surface area contributed by atoms with Crippen LogP contribution in [0.5, 0.6) is 0 Å². The van der Waals surface area contributed by atoms with E-state index in [1.54, 1.807) is 18.1 Å². The average molecular weight is 440 g/mol. The van der Waals surface area contributed by atoms with Crippen LogP contribution in [0.3, 0.4) is 0 Å². The highest BCUT2D eigenvalue weighted by Gasteiger charge is 2.30. The third kappa shape index (κ3) is 3.88. The highest BCUT2D eigenvalue weighted by atomic mass is 32.2. The molecule has 1 saturated heterocycles. The molecule has 2 N–H and O–H groups in total. The fourth-order valence-electron chi connectivity index (χ4n) is 4.21. The van der Waals surface area contributed by atoms with E-state index < -0.39 is 0 Å². The first-order valence-electron chi connectivity index (χ1n) is 10.9. The van der Waals surface area contributed by atoms with Crippen molar-refractivity contribution in [3.8, 4) is 0 Å². The second-order valence-corrected chi connectivity index (χ2v) is 10.5. The highest BCUT2D eigenvalue weighted by molar-refractivity contribution is 7.97. The fraction of sp³-hybridized carbons (Fsp3) is 0.478. The van der Waals surface area contributed by atoms with Crippen molar-refractivity contribution in [3.63, 3.8) is 0 Å². The van der Waals surface area contributed by atoms with Gasteiger partial charge in [-0.2, -0.15) is 5.10 Å². The van der Waals surface area contributed by atoms with Crippen LogP contribution in [0.2, 0.25) is 0 Å². The van der Waals surface area contributed by atoms with Crippen LogP contribution in [0.4, 0.5) is 11.5 Å². The lowest BCUT2D eigenvalue weighted by Crippen LogP contribution is -2.32. The molecule has 2 atom stereocenters. The third-order valence-electron chi connectivity index (χ3n) is 6.05. The molecule has 1 unspecified atom stereocenters. The van der Waals surface area contributed by atoms with E-state index in [0.717, 1.165) is 30.6 Å². The lowest BCUT2D eigenvalue weighted by Gasteiger charge is -2.29. The van der Waals surface area contributed by atoms with Gasteiger partial charge in [0.2, 0.25) is 0 Å². The Morgan fingerprint density at radius 3 is 2.84 bits per heavy atom. The van der Waals surface area contributed by atoms with Crippen molar-refractivity contribution in [1.29, 1.82) is 0 Å². The summed E-state index contributed by atoms with van der Waals surface area (Å²) in [7, 11) is 0. The summed E-state index contributed by atoms with van der Waals surface area (Å²) in [6.07, 6.45) is 3.94. The number of nitrogens with zero attached hydrogens (tertiary/aromatic N) is 3. The number of nitrogens with one attached hydrogen (secondary N) is 2. The SMILES string of the molecule is C[C@@H]1CCC(n2nc(Nc3ccc4c(c3)CN(C(C)(C)C)S4)c3c(=O)[nH]ccc32)CO1. The fourth-order valence-corrected chi connectivity index (χ4v) is 5.30. The average Bonchev–Trinajstić information content (AvgIpc) is 3.31. The lowest BCUT2D eigenvalue weighted by atomic mass is 10.1. The Labute approximate surface area is 186 Å². The molecule has 1 fully saturated rings. The van der Waals surface area contributed by atoms with Crippen molar-refractivity contribution in [2.45, 2.75) is 69.7 Å². The number of rotatable bonds is 3. The summed E-state index contributed by atoms with van der Waals surface area (Å²) < 4.78 is 10.2. The van der Waals surface area contributed by atoms with E-state index in [9.17, 15) is 4.79 Å². The number of hydrogen-bond donors (Lipinski definition) is 2. The molecule has 164 valence electrons. The maximum Gasteiger partial charge on any atom is 0.261 e. The molecule has 2 aliphatic heterocycles. The first kappa shape index (κ1) is 20.6. The lowest BCUT2D eigenvalue weighted by molar-refractivity contribution is -0.00249. The number of pyridine rings is 1. The molecular weight excluding hydrogens is 410 g/mol. The first-order valence-corrected chi connectivity index (χ1v) is 11.6. The Morgan fingerprint density at radius 2 is 2.10 bits per heavy atom. The molecule has 0 aliphatic carbocycles. The molecule has 0 amide bonds. The molecule has 4 heterocycles. The normalized spacial score (nSPS) is 22.1. The van der Waals surface area contributed by atoms with Gasteiger partial charge in [-0.25, -0.2) is 4.31 Å². The van der Waals surface area contributed by atoms with Crippen LogP contribution in [-0.4, -0.2) is 37.3 Å². The Balaban J connectivity index is 1.48. The smallest absolute Gasteiger partial charge is 0.261 e. The van der Waals surface area contributed by atoms with Gasteiger partial charge in [-0.1, -0.05) is 0 Å². The van der Waals surface area contributed by atoms with E-state index in [1.165, 1.54) is 10.5 Å². The summed E-state index contributed by atoms with van der Waals surface area (Å²) in [5.41, 5.74) is 3.03. The van der Waals surface area contributed by atoms with E-state index in [0.29, 0.717) is 17.8 Å². The zero-order valence-electron chi connectivity index (χ0n) is 18.4. The molecule has 7 nitrogen and oxygen atoms in total. The maximum atomic E-state index is 12.7. The maximum absolute atomic E-state index is 12.7. The summed E-state index contributed by atoms with van der Waals surface area (Å²) in [4.78, 5) is 16.8. The van der Waals surface area contributed by atoms with Crippen LogP contribution in [0.1, 0.15) is 52.1 Å². The predicted octanol–water partition coefficient (Wildman–Crippen LogP) is 4.83. The number of anilines is 2. The molecule has 0 spiro atoms. The van der Waals surface area contributed by atoms with Gasteiger partial charge in [0.25, 0.3) is 5.56 Å². The summed E-state index contributed by atoms with van der Waals surface area (Å²) in [6, 6.07) is 8.43. The van der Waals surface area contributed by atoms with Crippen molar-refractivity contribution >= 4 is 34.4 Å². The molecule has 0 radical (unpaired) electrons. The van der Waals surface area contributed by atoms with Gasteiger partial charge in [-0.05, 0) is 82.3 Å². The Morgan fingerprint density at radius 1 is 1.26 bits per heavy atom.